The maximum atomic E-state index is 12.2. The molecule has 6 nitrogen and oxygen atoms in total. The highest BCUT2D eigenvalue weighted by atomic mass is 32.2. The zero-order valence-electron chi connectivity index (χ0n) is 15.4. The molecule has 7 heteroatoms. The monoisotopic (exact) mass is 385 g/mol. The van der Waals surface area contributed by atoms with Crippen LogP contribution in [0.4, 0.5) is 5.82 Å². The Kier molecular flexibility index (Phi) is 4.42. The Bertz CT molecular complexity index is 944. The maximum absolute atomic E-state index is 12.2. The van der Waals surface area contributed by atoms with Gasteiger partial charge in [0.1, 0.15) is 5.82 Å². The van der Waals surface area contributed by atoms with E-state index in [0.29, 0.717) is 11.8 Å². The molecule has 0 unspecified atom stereocenters. The number of amides is 1. The van der Waals surface area contributed by atoms with Gasteiger partial charge in [0.05, 0.1) is 10.9 Å². The molecule has 1 aromatic carbocycles. The summed E-state index contributed by atoms with van der Waals surface area (Å²) in [5.74, 6) is 1.63. The summed E-state index contributed by atoms with van der Waals surface area (Å²) in [4.78, 5) is 21.0. The van der Waals surface area contributed by atoms with Crippen LogP contribution < -0.4 is 4.90 Å². The third kappa shape index (κ3) is 3.32. The lowest BCUT2D eigenvalue weighted by Crippen LogP contribution is -2.34. The number of benzene rings is 1. The predicted molar refractivity (Wildman–Crippen MR) is 103 cm³/mol. The van der Waals surface area contributed by atoms with E-state index in [1.54, 1.807) is 19.1 Å². The van der Waals surface area contributed by atoms with E-state index in [-0.39, 0.29) is 16.8 Å². The van der Waals surface area contributed by atoms with Crippen molar-refractivity contribution in [2.24, 2.45) is 11.8 Å². The van der Waals surface area contributed by atoms with E-state index in [2.05, 4.69) is 22.0 Å². The van der Waals surface area contributed by atoms with E-state index in [1.807, 2.05) is 23.1 Å². The number of hydrogen-bond acceptors (Lipinski definition) is 5. The Morgan fingerprint density at radius 1 is 1.07 bits per heavy atom. The number of carbonyl (C=O) groups excluding carboxylic acids is 1. The summed E-state index contributed by atoms with van der Waals surface area (Å²) < 4.78 is 23.3. The Balaban J connectivity index is 1.59. The number of likely N-dealkylation sites (tertiary alicyclic amines) is 1. The number of carbonyl (C=O) groups is 1. The molecule has 0 aliphatic carbocycles. The van der Waals surface area contributed by atoms with Crippen molar-refractivity contribution in [2.45, 2.75) is 17.9 Å². The van der Waals surface area contributed by atoms with Gasteiger partial charge in [-0.15, -0.1) is 0 Å². The van der Waals surface area contributed by atoms with Crippen LogP contribution in [0.25, 0.3) is 0 Å². The van der Waals surface area contributed by atoms with E-state index < -0.39 is 9.84 Å². The van der Waals surface area contributed by atoms with Crippen LogP contribution in [0.3, 0.4) is 0 Å². The maximum Gasteiger partial charge on any atom is 0.219 e. The summed E-state index contributed by atoms with van der Waals surface area (Å²) in [6, 6.07) is 13.7. The molecule has 2 aliphatic rings. The van der Waals surface area contributed by atoms with Crippen LogP contribution in [0.2, 0.25) is 0 Å². The van der Waals surface area contributed by atoms with Gasteiger partial charge < -0.3 is 9.80 Å². The van der Waals surface area contributed by atoms with Gasteiger partial charge in [-0.25, -0.2) is 13.4 Å². The Hall–Kier alpha value is -2.41. The van der Waals surface area contributed by atoms with E-state index >= 15 is 0 Å². The van der Waals surface area contributed by atoms with Crippen LogP contribution in [0.15, 0.2) is 53.6 Å². The molecular weight excluding hydrogens is 362 g/mol. The minimum atomic E-state index is -3.24. The molecule has 0 radical (unpaired) electrons. The number of anilines is 1. The minimum Gasteiger partial charge on any atom is -0.356 e. The summed E-state index contributed by atoms with van der Waals surface area (Å²) in [7, 11) is -3.24. The lowest BCUT2D eigenvalue weighted by molar-refractivity contribution is -0.130. The van der Waals surface area contributed by atoms with Gasteiger partial charge in [-0.1, -0.05) is 30.3 Å². The molecule has 3 heterocycles. The van der Waals surface area contributed by atoms with Crippen molar-refractivity contribution in [2.75, 3.05) is 30.8 Å². The Labute approximate surface area is 159 Å². The second kappa shape index (κ2) is 6.64. The number of nitrogens with zero attached hydrogens (tertiary/aromatic N) is 3. The van der Waals surface area contributed by atoms with Crippen LogP contribution in [0.5, 0.6) is 0 Å². The van der Waals surface area contributed by atoms with E-state index in [1.165, 1.54) is 18.0 Å². The molecule has 27 heavy (non-hydrogen) atoms. The van der Waals surface area contributed by atoms with Crippen molar-refractivity contribution in [3.63, 3.8) is 0 Å². The summed E-state index contributed by atoms with van der Waals surface area (Å²) in [5.41, 5.74) is 1.17. The van der Waals surface area contributed by atoms with Crippen molar-refractivity contribution in [3.05, 3.63) is 54.2 Å². The predicted octanol–water partition coefficient (Wildman–Crippen LogP) is 2.14. The molecule has 2 aliphatic heterocycles. The molecule has 1 aromatic heterocycles. The number of rotatable bonds is 3. The van der Waals surface area contributed by atoms with Crippen LogP contribution in [0.1, 0.15) is 18.5 Å². The average Bonchev–Trinajstić information content (AvgIpc) is 3.19. The van der Waals surface area contributed by atoms with Gasteiger partial charge in [-0.05, 0) is 17.7 Å². The third-order valence-corrected chi connectivity index (χ3v) is 6.78. The molecular formula is C20H23N3O3S. The highest BCUT2D eigenvalue weighted by molar-refractivity contribution is 7.90. The topological polar surface area (TPSA) is 70.6 Å². The lowest BCUT2D eigenvalue weighted by atomic mass is 9.89. The second-order valence-corrected chi connectivity index (χ2v) is 9.50. The second-order valence-electron chi connectivity index (χ2n) is 7.48. The van der Waals surface area contributed by atoms with Crippen molar-refractivity contribution < 1.29 is 13.2 Å². The van der Waals surface area contributed by atoms with Crippen molar-refractivity contribution in [1.29, 1.82) is 0 Å². The fourth-order valence-electron chi connectivity index (χ4n) is 4.41. The number of sulfone groups is 1. The average molecular weight is 385 g/mol. The van der Waals surface area contributed by atoms with Crippen LogP contribution in [-0.2, 0) is 14.6 Å². The largest absolute Gasteiger partial charge is 0.356 e. The number of fused-ring (bicyclic) bond motifs is 1. The fourth-order valence-corrected chi connectivity index (χ4v) is 4.97. The third-order valence-electron chi connectivity index (χ3n) is 5.68. The molecule has 142 valence electrons. The standard InChI is InChI=1S/C20H23N3O3S/c1-14(24)23-12-16-11-22(19-9-8-17(10-21-19)27(2,25)26)13-18(16)20(23)15-6-4-3-5-7-15/h3-10,16,18,20H,11-13H2,1-2H3/t16-,18-,20-/m1/s1. The van der Waals surface area contributed by atoms with Crippen molar-refractivity contribution in [1.82, 2.24) is 9.88 Å². The number of pyridine rings is 1. The first-order valence-electron chi connectivity index (χ1n) is 9.08. The van der Waals surface area contributed by atoms with Gasteiger partial charge >= 0.3 is 0 Å². The van der Waals surface area contributed by atoms with Gasteiger partial charge in [0.25, 0.3) is 0 Å². The highest BCUT2D eigenvalue weighted by Crippen LogP contribution is 2.45. The molecule has 2 saturated heterocycles. The SMILES string of the molecule is CC(=O)N1C[C@H]2CN(c3ccc(S(C)(=O)=O)cn3)C[C@H]2[C@H]1c1ccccc1. The van der Waals surface area contributed by atoms with Gasteiger partial charge in [-0.3, -0.25) is 4.79 Å². The molecule has 2 fully saturated rings. The highest BCUT2D eigenvalue weighted by Gasteiger charge is 2.48. The van der Waals surface area contributed by atoms with Gasteiger partial charge in [0.2, 0.25) is 5.91 Å². The fraction of sp³-hybridized carbons (Fsp3) is 0.400. The van der Waals surface area contributed by atoms with Crippen LogP contribution >= 0.6 is 0 Å². The molecule has 2 aromatic rings. The molecule has 0 bridgehead atoms. The first-order valence-corrected chi connectivity index (χ1v) is 11.0. The van der Waals surface area contributed by atoms with Gasteiger partial charge in [0.15, 0.2) is 9.84 Å². The molecule has 3 atom stereocenters. The number of aromatic nitrogens is 1. The van der Waals surface area contributed by atoms with Gasteiger partial charge in [-0.2, -0.15) is 0 Å². The summed E-state index contributed by atoms with van der Waals surface area (Å²) in [6.45, 7) is 4.01. The smallest absolute Gasteiger partial charge is 0.219 e. The summed E-state index contributed by atoms with van der Waals surface area (Å²) in [6.07, 6.45) is 2.61. The van der Waals surface area contributed by atoms with Crippen LogP contribution in [-0.4, -0.2) is 50.1 Å². The van der Waals surface area contributed by atoms with E-state index in [4.69, 9.17) is 0 Å². The molecule has 0 spiro atoms. The normalized spacial score (nSPS) is 24.9. The zero-order valence-corrected chi connectivity index (χ0v) is 16.3. The zero-order chi connectivity index (χ0) is 19.2. The lowest BCUT2D eigenvalue weighted by Gasteiger charge is -2.29. The summed E-state index contributed by atoms with van der Waals surface area (Å²) in [5, 5.41) is 0. The number of hydrogen-bond donors (Lipinski definition) is 0. The van der Waals surface area contributed by atoms with Crippen molar-refractivity contribution in [3.8, 4) is 0 Å². The first kappa shape index (κ1) is 18.0. The van der Waals surface area contributed by atoms with Crippen LogP contribution in [0, 0.1) is 11.8 Å². The minimum absolute atomic E-state index is 0.0778. The Morgan fingerprint density at radius 2 is 1.81 bits per heavy atom. The molecule has 0 saturated carbocycles. The summed E-state index contributed by atoms with van der Waals surface area (Å²) >= 11 is 0. The van der Waals surface area contributed by atoms with Gasteiger partial charge in [0, 0.05) is 50.8 Å². The molecule has 1 amide bonds. The Morgan fingerprint density at radius 3 is 2.41 bits per heavy atom. The van der Waals surface area contributed by atoms with Crippen molar-refractivity contribution >= 4 is 21.6 Å². The van der Waals surface area contributed by atoms with E-state index in [0.717, 1.165) is 25.5 Å². The first-order chi connectivity index (χ1) is 12.8. The van der Waals surface area contributed by atoms with E-state index in [9.17, 15) is 13.2 Å². The molecule has 0 N–H and O–H groups in total. The molecule has 4 rings (SSSR count). The quantitative estimate of drug-likeness (QED) is 0.810.